The van der Waals surface area contributed by atoms with E-state index in [1.54, 1.807) is 24.9 Å². The van der Waals surface area contributed by atoms with Crippen LogP contribution in [-0.2, 0) is 0 Å². The van der Waals surface area contributed by atoms with Gasteiger partial charge in [0.05, 0.1) is 11.7 Å². The van der Waals surface area contributed by atoms with E-state index in [4.69, 9.17) is 5.73 Å². The van der Waals surface area contributed by atoms with Crippen molar-refractivity contribution in [3.05, 3.63) is 29.3 Å². The summed E-state index contributed by atoms with van der Waals surface area (Å²) in [5.41, 5.74) is 7.84. The number of para-hydroxylation sites is 1. The number of carbonyl (C=O) groups is 1. The number of aliphatic hydroxyl groups excluding tert-OH is 1. The highest BCUT2D eigenvalue weighted by Crippen LogP contribution is 2.18. The SMILES string of the molecule is Cc1cccc(C(=O)N(C)CCC(C)O)c1N. The predicted molar refractivity (Wildman–Crippen MR) is 68.8 cm³/mol. The first-order valence-electron chi connectivity index (χ1n) is 5.72. The Kier molecular flexibility index (Phi) is 4.52. The number of benzene rings is 1. The van der Waals surface area contributed by atoms with E-state index in [0.717, 1.165) is 5.56 Å². The molecule has 1 rings (SSSR count). The third kappa shape index (κ3) is 3.46. The Morgan fingerprint density at radius 3 is 2.76 bits per heavy atom. The molecule has 0 fully saturated rings. The van der Waals surface area contributed by atoms with Crippen molar-refractivity contribution in [2.45, 2.75) is 26.4 Å². The lowest BCUT2D eigenvalue weighted by Crippen LogP contribution is -2.30. The van der Waals surface area contributed by atoms with Crippen molar-refractivity contribution in [2.24, 2.45) is 0 Å². The van der Waals surface area contributed by atoms with Gasteiger partial charge in [-0.25, -0.2) is 0 Å². The molecule has 3 N–H and O–H groups in total. The Balaban J connectivity index is 2.78. The summed E-state index contributed by atoms with van der Waals surface area (Å²) < 4.78 is 0. The topological polar surface area (TPSA) is 66.6 Å². The van der Waals surface area contributed by atoms with E-state index in [-0.39, 0.29) is 5.91 Å². The summed E-state index contributed by atoms with van der Waals surface area (Å²) in [6.07, 6.45) is 0.161. The molecule has 0 aromatic heterocycles. The van der Waals surface area contributed by atoms with Gasteiger partial charge in [-0.05, 0) is 31.9 Å². The third-order valence-electron chi connectivity index (χ3n) is 2.78. The number of aryl methyl sites for hydroxylation is 1. The molecule has 94 valence electrons. The minimum absolute atomic E-state index is 0.105. The quantitative estimate of drug-likeness (QED) is 0.777. The zero-order valence-corrected chi connectivity index (χ0v) is 10.6. The molecule has 1 aromatic rings. The molecule has 0 saturated heterocycles. The van der Waals surface area contributed by atoms with Gasteiger partial charge in [0.15, 0.2) is 0 Å². The molecule has 1 aromatic carbocycles. The van der Waals surface area contributed by atoms with E-state index in [0.29, 0.717) is 24.2 Å². The monoisotopic (exact) mass is 236 g/mol. The van der Waals surface area contributed by atoms with Crippen molar-refractivity contribution in [3.8, 4) is 0 Å². The molecular formula is C13H20N2O2. The first-order valence-corrected chi connectivity index (χ1v) is 5.72. The minimum atomic E-state index is -0.403. The van der Waals surface area contributed by atoms with Crippen molar-refractivity contribution in [3.63, 3.8) is 0 Å². The fourth-order valence-corrected chi connectivity index (χ4v) is 1.55. The fourth-order valence-electron chi connectivity index (χ4n) is 1.55. The molecule has 0 saturated carbocycles. The number of nitrogens with two attached hydrogens (primary N) is 1. The Morgan fingerprint density at radius 2 is 2.18 bits per heavy atom. The van der Waals surface area contributed by atoms with E-state index < -0.39 is 6.10 Å². The van der Waals surface area contributed by atoms with Crippen molar-refractivity contribution < 1.29 is 9.90 Å². The van der Waals surface area contributed by atoms with Crippen molar-refractivity contribution >= 4 is 11.6 Å². The van der Waals surface area contributed by atoms with Crippen LogP contribution < -0.4 is 5.73 Å². The smallest absolute Gasteiger partial charge is 0.255 e. The van der Waals surface area contributed by atoms with Gasteiger partial charge in [-0.15, -0.1) is 0 Å². The van der Waals surface area contributed by atoms with E-state index in [9.17, 15) is 9.90 Å². The highest BCUT2D eigenvalue weighted by molar-refractivity contribution is 5.99. The molecule has 0 spiro atoms. The standard InChI is InChI=1S/C13H20N2O2/c1-9-5-4-6-11(12(9)14)13(17)15(3)8-7-10(2)16/h4-6,10,16H,7-8,14H2,1-3H3. The van der Waals surface area contributed by atoms with Gasteiger partial charge >= 0.3 is 0 Å². The van der Waals surface area contributed by atoms with E-state index in [1.807, 2.05) is 19.1 Å². The average Bonchev–Trinajstić information content (AvgIpc) is 2.28. The third-order valence-corrected chi connectivity index (χ3v) is 2.78. The lowest BCUT2D eigenvalue weighted by molar-refractivity contribution is 0.0770. The number of amides is 1. The summed E-state index contributed by atoms with van der Waals surface area (Å²) in [5, 5.41) is 9.19. The summed E-state index contributed by atoms with van der Waals surface area (Å²) >= 11 is 0. The van der Waals surface area contributed by atoms with Gasteiger partial charge in [0.2, 0.25) is 0 Å². The molecule has 1 atom stereocenters. The molecule has 17 heavy (non-hydrogen) atoms. The molecule has 1 amide bonds. The lowest BCUT2D eigenvalue weighted by Gasteiger charge is -2.19. The number of carbonyl (C=O) groups excluding carboxylic acids is 1. The number of rotatable bonds is 4. The summed E-state index contributed by atoms with van der Waals surface area (Å²) in [6, 6.07) is 5.42. The fraction of sp³-hybridized carbons (Fsp3) is 0.462. The molecule has 0 radical (unpaired) electrons. The van der Waals surface area contributed by atoms with Gasteiger partial charge in [0.1, 0.15) is 0 Å². The molecule has 4 heteroatoms. The van der Waals surface area contributed by atoms with Crippen LogP contribution in [0, 0.1) is 6.92 Å². The molecule has 0 heterocycles. The largest absolute Gasteiger partial charge is 0.398 e. The van der Waals surface area contributed by atoms with Gasteiger partial charge in [-0.3, -0.25) is 4.79 Å². The van der Waals surface area contributed by atoms with Gasteiger partial charge < -0.3 is 15.7 Å². The van der Waals surface area contributed by atoms with Crippen LogP contribution in [0.3, 0.4) is 0 Å². The summed E-state index contributed by atoms with van der Waals surface area (Å²) in [5.74, 6) is -0.105. The Hall–Kier alpha value is -1.55. The van der Waals surface area contributed by atoms with Gasteiger partial charge in [-0.2, -0.15) is 0 Å². The second kappa shape index (κ2) is 5.68. The Labute approximate surface area is 102 Å². The number of aliphatic hydroxyl groups is 1. The van der Waals surface area contributed by atoms with Crippen molar-refractivity contribution in [1.82, 2.24) is 4.90 Å². The Morgan fingerprint density at radius 1 is 1.53 bits per heavy atom. The van der Waals surface area contributed by atoms with Crippen LogP contribution in [0.5, 0.6) is 0 Å². The number of nitrogens with zero attached hydrogens (tertiary/aromatic N) is 1. The number of hydrogen-bond acceptors (Lipinski definition) is 3. The highest BCUT2D eigenvalue weighted by atomic mass is 16.3. The van der Waals surface area contributed by atoms with Gasteiger partial charge in [0, 0.05) is 19.3 Å². The van der Waals surface area contributed by atoms with Crippen LogP contribution in [0.1, 0.15) is 29.3 Å². The second-order valence-corrected chi connectivity index (χ2v) is 4.40. The minimum Gasteiger partial charge on any atom is -0.398 e. The van der Waals surface area contributed by atoms with Crippen LogP contribution >= 0.6 is 0 Å². The zero-order valence-electron chi connectivity index (χ0n) is 10.6. The normalized spacial score (nSPS) is 12.2. The lowest BCUT2D eigenvalue weighted by atomic mass is 10.1. The second-order valence-electron chi connectivity index (χ2n) is 4.40. The molecule has 0 aliphatic carbocycles. The zero-order chi connectivity index (χ0) is 13.0. The maximum absolute atomic E-state index is 12.1. The first-order chi connectivity index (χ1) is 7.93. The molecular weight excluding hydrogens is 216 g/mol. The number of hydrogen-bond donors (Lipinski definition) is 2. The molecule has 4 nitrogen and oxygen atoms in total. The predicted octanol–water partition coefficient (Wildman–Crippen LogP) is 1.42. The van der Waals surface area contributed by atoms with E-state index >= 15 is 0 Å². The summed E-state index contributed by atoms with van der Waals surface area (Å²) in [7, 11) is 1.71. The molecule has 0 bridgehead atoms. The maximum Gasteiger partial charge on any atom is 0.255 e. The van der Waals surface area contributed by atoms with E-state index in [2.05, 4.69) is 0 Å². The molecule has 0 aliphatic heterocycles. The van der Waals surface area contributed by atoms with Crippen molar-refractivity contribution in [1.29, 1.82) is 0 Å². The summed E-state index contributed by atoms with van der Waals surface area (Å²) in [6.45, 7) is 4.10. The van der Waals surface area contributed by atoms with Crippen LogP contribution in [0.25, 0.3) is 0 Å². The van der Waals surface area contributed by atoms with Crippen molar-refractivity contribution in [2.75, 3.05) is 19.3 Å². The highest BCUT2D eigenvalue weighted by Gasteiger charge is 2.15. The van der Waals surface area contributed by atoms with E-state index in [1.165, 1.54) is 0 Å². The van der Waals surface area contributed by atoms with Crippen LogP contribution in [0.15, 0.2) is 18.2 Å². The molecule has 0 aliphatic rings. The van der Waals surface area contributed by atoms with Crippen LogP contribution in [-0.4, -0.2) is 35.6 Å². The van der Waals surface area contributed by atoms with Crippen LogP contribution in [0.4, 0.5) is 5.69 Å². The Bertz CT molecular complexity index is 402. The van der Waals surface area contributed by atoms with Gasteiger partial charge in [-0.1, -0.05) is 12.1 Å². The van der Waals surface area contributed by atoms with Gasteiger partial charge in [0.25, 0.3) is 5.91 Å². The first kappa shape index (κ1) is 13.5. The summed E-state index contributed by atoms with van der Waals surface area (Å²) in [4.78, 5) is 13.7. The maximum atomic E-state index is 12.1. The van der Waals surface area contributed by atoms with Crippen LogP contribution in [0.2, 0.25) is 0 Å². The average molecular weight is 236 g/mol. The number of anilines is 1. The molecule has 1 unspecified atom stereocenters. The number of nitrogen functional groups attached to an aromatic ring is 1.